The van der Waals surface area contributed by atoms with Gasteiger partial charge in [0.25, 0.3) is 0 Å². The Kier molecular flexibility index (Phi) is 2.15. The van der Waals surface area contributed by atoms with Crippen molar-refractivity contribution >= 4 is 15.9 Å². The van der Waals surface area contributed by atoms with E-state index in [1.54, 1.807) is 6.20 Å². The van der Waals surface area contributed by atoms with Crippen LogP contribution in [0.5, 0.6) is 0 Å². The van der Waals surface area contributed by atoms with Crippen LogP contribution < -0.4 is 0 Å². The van der Waals surface area contributed by atoms with Crippen molar-refractivity contribution in [3.8, 4) is 0 Å². The SMILES string of the molecule is O[C@@H]1CCCc2ncc(Br)cc21. The van der Waals surface area contributed by atoms with Crippen LogP contribution in [0, 0.1) is 0 Å². The maximum absolute atomic E-state index is 9.62. The third-order valence-electron chi connectivity index (χ3n) is 2.22. The minimum atomic E-state index is -0.307. The highest BCUT2D eigenvalue weighted by molar-refractivity contribution is 9.10. The predicted octanol–water partition coefficient (Wildman–Crippen LogP) is 2.21. The molecule has 1 heterocycles. The van der Waals surface area contributed by atoms with E-state index in [-0.39, 0.29) is 6.10 Å². The van der Waals surface area contributed by atoms with Crippen LogP contribution in [0.15, 0.2) is 16.7 Å². The Morgan fingerprint density at radius 3 is 3.25 bits per heavy atom. The molecule has 2 nitrogen and oxygen atoms in total. The monoisotopic (exact) mass is 227 g/mol. The summed E-state index contributed by atoms with van der Waals surface area (Å²) in [4.78, 5) is 4.26. The first-order valence-corrected chi connectivity index (χ1v) is 4.89. The highest BCUT2D eigenvalue weighted by Crippen LogP contribution is 2.29. The zero-order valence-corrected chi connectivity index (χ0v) is 8.21. The number of fused-ring (bicyclic) bond motifs is 1. The van der Waals surface area contributed by atoms with Crippen molar-refractivity contribution in [1.82, 2.24) is 4.98 Å². The Balaban J connectivity index is 2.47. The lowest BCUT2D eigenvalue weighted by Crippen LogP contribution is -2.10. The molecule has 64 valence electrons. The van der Waals surface area contributed by atoms with Gasteiger partial charge in [0.1, 0.15) is 0 Å². The molecule has 0 radical (unpaired) electrons. The van der Waals surface area contributed by atoms with E-state index < -0.39 is 0 Å². The molecule has 0 fully saturated rings. The number of aryl methyl sites for hydroxylation is 1. The third kappa shape index (κ3) is 1.39. The number of pyridine rings is 1. The normalized spacial score (nSPS) is 22.0. The lowest BCUT2D eigenvalue weighted by molar-refractivity contribution is 0.155. The first-order valence-electron chi connectivity index (χ1n) is 4.10. The lowest BCUT2D eigenvalue weighted by Gasteiger charge is -2.19. The second-order valence-electron chi connectivity index (χ2n) is 3.10. The predicted molar refractivity (Wildman–Crippen MR) is 49.8 cm³/mol. The smallest absolute Gasteiger partial charge is 0.0808 e. The Hall–Kier alpha value is -0.410. The Bertz CT molecular complexity index is 301. The zero-order chi connectivity index (χ0) is 8.55. The van der Waals surface area contributed by atoms with Crippen molar-refractivity contribution in [2.45, 2.75) is 25.4 Å². The summed E-state index contributed by atoms with van der Waals surface area (Å²) < 4.78 is 0.946. The van der Waals surface area contributed by atoms with Gasteiger partial charge < -0.3 is 5.11 Å². The molecule has 0 aliphatic heterocycles. The first kappa shape index (κ1) is 8.20. The molecule has 1 aliphatic rings. The topological polar surface area (TPSA) is 33.1 Å². The summed E-state index contributed by atoms with van der Waals surface area (Å²) >= 11 is 3.34. The summed E-state index contributed by atoms with van der Waals surface area (Å²) in [6.07, 6.45) is 4.39. The van der Waals surface area contributed by atoms with Gasteiger partial charge in [-0.3, -0.25) is 4.98 Å². The first-order chi connectivity index (χ1) is 5.77. The van der Waals surface area contributed by atoms with Crippen LogP contribution in [-0.2, 0) is 6.42 Å². The van der Waals surface area contributed by atoms with Crippen molar-refractivity contribution in [2.24, 2.45) is 0 Å². The Morgan fingerprint density at radius 2 is 2.42 bits per heavy atom. The van der Waals surface area contributed by atoms with E-state index in [1.807, 2.05) is 6.07 Å². The quantitative estimate of drug-likeness (QED) is 0.738. The summed E-state index contributed by atoms with van der Waals surface area (Å²) in [5, 5.41) is 9.62. The molecule has 0 saturated carbocycles. The van der Waals surface area contributed by atoms with Gasteiger partial charge in [0.15, 0.2) is 0 Å². The second kappa shape index (κ2) is 3.15. The fourth-order valence-electron chi connectivity index (χ4n) is 1.60. The Morgan fingerprint density at radius 1 is 1.58 bits per heavy atom. The second-order valence-corrected chi connectivity index (χ2v) is 4.01. The average Bonchev–Trinajstić information content (AvgIpc) is 2.07. The summed E-state index contributed by atoms with van der Waals surface area (Å²) in [5.74, 6) is 0. The maximum Gasteiger partial charge on any atom is 0.0808 e. The van der Waals surface area contributed by atoms with Crippen LogP contribution in [-0.4, -0.2) is 10.1 Å². The summed E-state index contributed by atoms with van der Waals surface area (Å²) in [7, 11) is 0. The van der Waals surface area contributed by atoms with Crippen LogP contribution in [0.4, 0.5) is 0 Å². The number of aliphatic hydroxyl groups excluding tert-OH is 1. The summed E-state index contributed by atoms with van der Waals surface area (Å²) in [6.45, 7) is 0. The van der Waals surface area contributed by atoms with Gasteiger partial charge >= 0.3 is 0 Å². The van der Waals surface area contributed by atoms with Gasteiger partial charge in [-0.1, -0.05) is 0 Å². The van der Waals surface area contributed by atoms with E-state index in [0.717, 1.165) is 35.0 Å². The van der Waals surface area contributed by atoms with Crippen LogP contribution in [0.1, 0.15) is 30.2 Å². The van der Waals surface area contributed by atoms with Crippen molar-refractivity contribution in [1.29, 1.82) is 0 Å². The third-order valence-corrected chi connectivity index (χ3v) is 2.65. The molecule has 0 saturated heterocycles. The lowest BCUT2D eigenvalue weighted by atomic mass is 9.94. The Labute approximate surface area is 79.8 Å². The van der Waals surface area contributed by atoms with Crippen LogP contribution in [0.25, 0.3) is 0 Å². The van der Waals surface area contributed by atoms with Crippen LogP contribution >= 0.6 is 15.9 Å². The van der Waals surface area contributed by atoms with E-state index in [2.05, 4.69) is 20.9 Å². The number of rotatable bonds is 0. The number of halogens is 1. The molecule has 0 bridgehead atoms. The van der Waals surface area contributed by atoms with Gasteiger partial charge in [-0.25, -0.2) is 0 Å². The van der Waals surface area contributed by atoms with Crippen molar-refractivity contribution < 1.29 is 5.11 Å². The molecule has 12 heavy (non-hydrogen) atoms. The molecule has 0 spiro atoms. The molecule has 1 aromatic rings. The standard InChI is InChI=1S/C9H10BrNO/c10-6-4-7-8(11-5-6)2-1-3-9(7)12/h4-5,9,12H,1-3H2/t9-/m1/s1. The van der Waals surface area contributed by atoms with E-state index in [9.17, 15) is 5.11 Å². The maximum atomic E-state index is 9.62. The molecule has 0 unspecified atom stereocenters. The van der Waals surface area contributed by atoms with Gasteiger partial charge in [-0.2, -0.15) is 0 Å². The van der Waals surface area contributed by atoms with E-state index in [1.165, 1.54) is 0 Å². The van der Waals surface area contributed by atoms with E-state index >= 15 is 0 Å². The number of hydrogen-bond acceptors (Lipinski definition) is 2. The van der Waals surface area contributed by atoms with E-state index in [4.69, 9.17) is 0 Å². The average molecular weight is 228 g/mol. The molecular weight excluding hydrogens is 218 g/mol. The molecule has 2 rings (SSSR count). The molecular formula is C9H10BrNO. The van der Waals surface area contributed by atoms with Crippen LogP contribution in [0.2, 0.25) is 0 Å². The number of nitrogens with zero attached hydrogens (tertiary/aromatic N) is 1. The number of aromatic nitrogens is 1. The fraction of sp³-hybridized carbons (Fsp3) is 0.444. The molecule has 3 heteroatoms. The van der Waals surface area contributed by atoms with Crippen molar-refractivity contribution in [3.05, 3.63) is 28.0 Å². The summed E-state index contributed by atoms with van der Waals surface area (Å²) in [6, 6.07) is 1.96. The van der Waals surface area contributed by atoms with Crippen molar-refractivity contribution in [2.75, 3.05) is 0 Å². The largest absolute Gasteiger partial charge is 0.388 e. The molecule has 1 atom stereocenters. The van der Waals surface area contributed by atoms with Gasteiger partial charge in [0.2, 0.25) is 0 Å². The molecule has 0 amide bonds. The van der Waals surface area contributed by atoms with E-state index in [0.29, 0.717) is 0 Å². The van der Waals surface area contributed by atoms with Gasteiger partial charge in [-0.05, 0) is 41.3 Å². The molecule has 0 aromatic carbocycles. The highest BCUT2D eigenvalue weighted by Gasteiger charge is 2.18. The van der Waals surface area contributed by atoms with Gasteiger partial charge in [-0.15, -0.1) is 0 Å². The summed E-state index contributed by atoms with van der Waals surface area (Å²) in [5.41, 5.74) is 2.05. The van der Waals surface area contributed by atoms with Crippen molar-refractivity contribution in [3.63, 3.8) is 0 Å². The molecule has 1 aliphatic carbocycles. The fourth-order valence-corrected chi connectivity index (χ4v) is 1.95. The number of aliphatic hydroxyl groups is 1. The van der Waals surface area contributed by atoms with Gasteiger partial charge in [0.05, 0.1) is 6.10 Å². The highest BCUT2D eigenvalue weighted by atomic mass is 79.9. The minimum absolute atomic E-state index is 0.307. The molecule has 1 N–H and O–H groups in total. The van der Waals surface area contributed by atoms with Crippen LogP contribution in [0.3, 0.4) is 0 Å². The van der Waals surface area contributed by atoms with Gasteiger partial charge in [0, 0.05) is 21.9 Å². The number of hydrogen-bond donors (Lipinski definition) is 1. The zero-order valence-electron chi connectivity index (χ0n) is 6.63. The molecule has 1 aromatic heterocycles. The minimum Gasteiger partial charge on any atom is -0.388 e.